The molecule has 2 aromatic rings. The van der Waals surface area contributed by atoms with Crippen LogP contribution in [0.5, 0.6) is 0 Å². The zero-order valence-electron chi connectivity index (χ0n) is 16.0. The number of carbonyl (C=O) groups is 2. The van der Waals surface area contributed by atoms with Gasteiger partial charge in [0.05, 0.1) is 0 Å². The van der Waals surface area contributed by atoms with Crippen molar-refractivity contribution < 1.29 is 9.59 Å². The van der Waals surface area contributed by atoms with Crippen LogP contribution >= 0.6 is 11.3 Å². The summed E-state index contributed by atoms with van der Waals surface area (Å²) in [5, 5.41) is 5.12. The molecule has 0 saturated carbocycles. The van der Waals surface area contributed by atoms with Crippen LogP contribution in [0.2, 0.25) is 0 Å². The number of urea groups is 1. The van der Waals surface area contributed by atoms with Gasteiger partial charge in [-0.2, -0.15) is 0 Å². The van der Waals surface area contributed by atoms with Crippen LogP contribution in [0.1, 0.15) is 23.3 Å². The van der Waals surface area contributed by atoms with Crippen molar-refractivity contribution in [3.8, 4) is 0 Å². The maximum Gasteiger partial charge on any atom is 0.317 e. The minimum absolute atomic E-state index is 0.00503. The van der Waals surface area contributed by atoms with Crippen molar-refractivity contribution in [3.05, 3.63) is 52.2 Å². The van der Waals surface area contributed by atoms with Crippen molar-refractivity contribution in [2.45, 2.75) is 25.9 Å². The molecule has 3 amide bonds. The van der Waals surface area contributed by atoms with Gasteiger partial charge in [-0.15, -0.1) is 11.3 Å². The summed E-state index contributed by atoms with van der Waals surface area (Å²) in [6.07, 6.45) is 1.57. The van der Waals surface area contributed by atoms with Gasteiger partial charge < -0.3 is 15.1 Å². The highest BCUT2D eigenvalue weighted by molar-refractivity contribution is 7.09. The van der Waals surface area contributed by atoms with Gasteiger partial charge in [0.2, 0.25) is 5.91 Å². The smallest absolute Gasteiger partial charge is 0.317 e. The summed E-state index contributed by atoms with van der Waals surface area (Å²) in [4.78, 5) is 31.8. The minimum atomic E-state index is -0.00503. The predicted octanol–water partition coefficient (Wildman–Crippen LogP) is 2.90. The van der Waals surface area contributed by atoms with Crippen LogP contribution in [0.3, 0.4) is 0 Å². The fourth-order valence-corrected chi connectivity index (χ4v) is 4.48. The molecule has 2 aliphatic heterocycles. The Bertz CT molecular complexity index is 798. The average Bonchev–Trinajstić information content (AvgIpc) is 3.39. The Labute approximate surface area is 169 Å². The van der Waals surface area contributed by atoms with E-state index in [1.54, 1.807) is 11.3 Å². The number of anilines is 1. The van der Waals surface area contributed by atoms with Gasteiger partial charge in [0.25, 0.3) is 0 Å². The Morgan fingerprint density at radius 2 is 1.82 bits per heavy atom. The van der Waals surface area contributed by atoms with Gasteiger partial charge in [-0.1, -0.05) is 18.2 Å². The molecule has 0 atom stereocenters. The van der Waals surface area contributed by atoms with Gasteiger partial charge in [0.15, 0.2) is 0 Å². The summed E-state index contributed by atoms with van der Waals surface area (Å²) < 4.78 is 0. The van der Waals surface area contributed by atoms with E-state index in [4.69, 9.17) is 0 Å². The Balaban J connectivity index is 1.22. The molecule has 2 saturated heterocycles. The van der Waals surface area contributed by atoms with E-state index < -0.39 is 0 Å². The predicted molar refractivity (Wildman–Crippen MR) is 111 cm³/mol. The van der Waals surface area contributed by atoms with E-state index in [9.17, 15) is 9.59 Å². The van der Waals surface area contributed by atoms with Crippen molar-refractivity contribution in [1.29, 1.82) is 0 Å². The summed E-state index contributed by atoms with van der Waals surface area (Å²) in [5.74, 6) is 0.194. The van der Waals surface area contributed by atoms with Gasteiger partial charge in [0, 0.05) is 62.8 Å². The number of rotatable bonds is 5. The quantitative estimate of drug-likeness (QED) is 0.843. The molecular formula is C21H26N4O2S. The summed E-state index contributed by atoms with van der Waals surface area (Å²) >= 11 is 1.78. The second-order valence-electron chi connectivity index (χ2n) is 7.32. The number of amides is 3. The molecular weight excluding hydrogens is 372 g/mol. The molecule has 4 rings (SSSR count). The number of hydrogen-bond donors (Lipinski definition) is 1. The van der Waals surface area contributed by atoms with E-state index >= 15 is 0 Å². The first-order valence-electron chi connectivity index (χ1n) is 9.86. The lowest BCUT2D eigenvalue weighted by Crippen LogP contribution is -2.51. The van der Waals surface area contributed by atoms with E-state index in [0.717, 1.165) is 56.9 Å². The lowest BCUT2D eigenvalue weighted by Gasteiger charge is -2.34. The van der Waals surface area contributed by atoms with Crippen molar-refractivity contribution in [2.75, 3.05) is 37.6 Å². The Morgan fingerprint density at radius 1 is 1.04 bits per heavy atom. The highest BCUT2D eigenvalue weighted by atomic mass is 32.1. The molecule has 1 aromatic carbocycles. The van der Waals surface area contributed by atoms with Crippen LogP contribution in [-0.2, 0) is 17.9 Å². The molecule has 1 N–H and O–H groups in total. The molecule has 2 aliphatic rings. The van der Waals surface area contributed by atoms with Gasteiger partial charge in [-0.3, -0.25) is 9.69 Å². The number of nitrogens with zero attached hydrogens (tertiary/aromatic N) is 3. The second-order valence-corrected chi connectivity index (χ2v) is 8.35. The molecule has 0 radical (unpaired) electrons. The largest absolute Gasteiger partial charge is 0.334 e. The Hall–Kier alpha value is -2.38. The van der Waals surface area contributed by atoms with Crippen LogP contribution in [0.15, 0.2) is 41.8 Å². The summed E-state index contributed by atoms with van der Waals surface area (Å²) in [6.45, 7) is 5.60. The lowest BCUT2D eigenvalue weighted by atomic mass is 10.2. The molecule has 0 aliphatic carbocycles. The van der Waals surface area contributed by atoms with Crippen LogP contribution in [0, 0.1) is 0 Å². The van der Waals surface area contributed by atoms with E-state index in [1.807, 2.05) is 34.1 Å². The van der Waals surface area contributed by atoms with E-state index in [2.05, 4.69) is 27.7 Å². The van der Waals surface area contributed by atoms with Gasteiger partial charge in [-0.05, 0) is 35.6 Å². The van der Waals surface area contributed by atoms with Crippen molar-refractivity contribution in [2.24, 2.45) is 0 Å². The van der Waals surface area contributed by atoms with E-state index in [0.29, 0.717) is 13.0 Å². The highest BCUT2D eigenvalue weighted by Gasteiger charge is 2.22. The van der Waals surface area contributed by atoms with Crippen LogP contribution in [0.25, 0.3) is 0 Å². The van der Waals surface area contributed by atoms with E-state index in [-0.39, 0.29) is 11.9 Å². The monoisotopic (exact) mass is 398 g/mol. The SMILES string of the molecule is O=C(NCc1ccc(N2CCCC2=O)cc1)N1CCN(Cc2cccs2)CC1. The number of thiophene rings is 1. The highest BCUT2D eigenvalue weighted by Crippen LogP contribution is 2.21. The maximum absolute atomic E-state index is 12.5. The zero-order chi connectivity index (χ0) is 19.3. The molecule has 1 aromatic heterocycles. The van der Waals surface area contributed by atoms with Crippen LogP contribution in [-0.4, -0.2) is 54.5 Å². The summed E-state index contributed by atoms with van der Waals surface area (Å²) in [7, 11) is 0. The molecule has 7 heteroatoms. The van der Waals surface area contributed by atoms with Crippen LogP contribution < -0.4 is 10.2 Å². The molecule has 0 spiro atoms. The number of nitrogens with one attached hydrogen (secondary N) is 1. The molecule has 148 valence electrons. The number of carbonyl (C=O) groups excluding carboxylic acids is 2. The average molecular weight is 399 g/mol. The molecule has 3 heterocycles. The third-order valence-corrected chi connectivity index (χ3v) is 6.25. The van der Waals surface area contributed by atoms with Crippen molar-refractivity contribution >= 4 is 29.0 Å². The molecule has 0 unspecified atom stereocenters. The third-order valence-electron chi connectivity index (χ3n) is 5.38. The van der Waals surface area contributed by atoms with Gasteiger partial charge >= 0.3 is 6.03 Å². The fourth-order valence-electron chi connectivity index (χ4n) is 3.74. The van der Waals surface area contributed by atoms with Gasteiger partial charge in [-0.25, -0.2) is 4.79 Å². The summed E-state index contributed by atoms with van der Waals surface area (Å²) in [6, 6.07) is 12.1. The zero-order valence-corrected chi connectivity index (χ0v) is 16.8. The summed E-state index contributed by atoms with van der Waals surface area (Å²) in [5.41, 5.74) is 1.99. The van der Waals surface area contributed by atoms with Crippen LogP contribution in [0.4, 0.5) is 10.5 Å². The number of hydrogen-bond acceptors (Lipinski definition) is 4. The molecule has 2 fully saturated rings. The van der Waals surface area contributed by atoms with Crippen molar-refractivity contribution in [3.63, 3.8) is 0 Å². The first kappa shape index (κ1) is 19.0. The van der Waals surface area contributed by atoms with E-state index in [1.165, 1.54) is 4.88 Å². The molecule has 0 bridgehead atoms. The Kier molecular flexibility index (Phi) is 5.92. The first-order valence-corrected chi connectivity index (χ1v) is 10.7. The molecule has 28 heavy (non-hydrogen) atoms. The molecule has 6 nitrogen and oxygen atoms in total. The normalized spacial score (nSPS) is 17.9. The third kappa shape index (κ3) is 4.54. The topological polar surface area (TPSA) is 55.9 Å². The number of benzene rings is 1. The minimum Gasteiger partial charge on any atom is -0.334 e. The Morgan fingerprint density at radius 3 is 2.46 bits per heavy atom. The lowest BCUT2D eigenvalue weighted by molar-refractivity contribution is -0.117. The fraction of sp³-hybridized carbons (Fsp3) is 0.429. The first-order chi connectivity index (χ1) is 13.7. The second kappa shape index (κ2) is 8.75. The standard InChI is InChI=1S/C21H26N4O2S/c26-20-4-1-9-25(20)18-7-5-17(6-8-18)15-22-21(27)24-12-10-23(11-13-24)16-19-3-2-14-28-19/h2-3,5-8,14H,1,4,9-13,15-16H2,(H,22,27). The van der Waals surface area contributed by atoms with Gasteiger partial charge in [0.1, 0.15) is 0 Å². The maximum atomic E-state index is 12.5. The van der Waals surface area contributed by atoms with Crippen molar-refractivity contribution in [1.82, 2.24) is 15.1 Å². The number of piperazine rings is 1.